The average molecular weight is 868 g/mol. The average Bonchev–Trinajstić information content (AvgIpc) is 3.94. The maximum absolute atomic E-state index is 5.51. The predicted octanol–water partition coefficient (Wildman–Crippen LogP) is 16.1. The zero-order valence-electron chi connectivity index (χ0n) is 36.9. The quantitative estimate of drug-likeness (QED) is 0.153. The van der Waals surface area contributed by atoms with Crippen molar-refractivity contribution in [2.24, 2.45) is 0 Å². The van der Waals surface area contributed by atoms with Crippen LogP contribution in [0.2, 0.25) is 0 Å². The molecule has 0 fully saturated rings. The minimum Gasteiger partial charge on any atom is -0.309 e. The van der Waals surface area contributed by atoms with Crippen LogP contribution in [0.3, 0.4) is 0 Å². The summed E-state index contributed by atoms with van der Waals surface area (Å²) in [5.41, 5.74) is 17.3. The number of fused-ring (bicyclic) bond motifs is 7. The van der Waals surface area contributed by atoms with E-state index in [2.05, 4.69) is 234 Å². The molecular formula is C63H41N5. The topological polar surface area (TPSA) is 48.5 Å². The van der Waals surface area contributed by atoms with Crippen LogP contribution in [0.15, 0.2) is 249 Å². The molecule has 0 N–H and O–H groups in total. The Labute approximate surface area is 393 Å². The summed E-state index contributed by atoms with van der Waals surface area (Å²) in [6.45, 7) is 0. The van der Waals surface area contributed by atoms with Crippen LogP contribution in [-0.2, 0) is 0 Å². The number of hydrogen-bond donors (Lipinski definition) is 0. The summed E-state index contributed by atoms with van der Waals surface area (Å²) in [6, 6.07) is 87.9. The molecular weight excluding hydrogens is 827 g/mol. The molecule has 0 atom stereocenters. The Bertz CT molecular complexity index is 3880. The van der Waals surface area contributed by atoms with Gasteiger partial charge >= 0.3 is 0 Å². The molecule has 318 valence electrons. The van der Waals surface area contributed by atoms with Crippen LogP contribution < -0.4 is 0 Å². The Morgan fingerprint density at radius 1 is 0.279 bits per heavy atom. The molecule has 4 heterocycles. The second-order valence-electron chi connectivity index (χ2n) is 17.2. The van der Waals surface area contributed by atoms with Gasteiger partial charge in [0.1, 0.15) is 0 Å². The lowest BCUT2D eigenvalue weighted by Gasteiger charge is -2.18. The number of hydrogen-bond acceptors (Lipinski definition) is 3. The van der Waals surface area contributed by atoms with E-state index in [0.717, 1.165) is 95.2 Å². The summed E-state index contributed by atoms with van der Waals surface area (Å²) >= 11 is 0. The van der Waals surface area contributed by atoms with Crippen molar-refractivity contribution < 1.29 is 0 Å². The van der Waals surface area contributed by atoms with Gasteiger partial charge in [-0.2, -0.15) is 0 Å². The van der Waals surface area contributed by atoms with Gasteiger partial charge in [0, 0.05) is 55.0 Å². The minimum absolute atomic E-state index is 0.632. The van der Waals surface area contributed by atoms with Gasteiger partial charge in [0.05, 0.1) is 50.5 Å². The first-order valence-electron chi connectivity index (χ1n) is 23.0. The van der Waals surface area contributed by atoms with Gasteiger partial charge in [-0.3, -0.25) is 0 Å². The van der Waals surface area contributed by atoms with Gasteiger partial charge < -0.3 is 9.13 Å². The van der Waals surface area contributed by atoms with Crippen molar-refractivity contribution in [1.29, 1.82) is 0 Å². The lowest BCUT2D eigenvalue weighted by Crippen LogP contribution is -2.02. The maximum Gasteiger partial charge on any atom is 0.162 e. The smallest absolute Gasteiger partial charge is 0.162 e. The van der Waals surface area contributed by atoms with Gasteiger partial charge in [-0.05, 0) is 71.8 Å². The zero-order valence-corrected chi connectivity index (χ0v) is 36.9. The monoisotopic (exact) mass is 867 g/mol. The normalized spacial score (nSPS) is 11.5. The molecule has 4 aromatic heterocycles. The van der Waals surface area contributed by atoms with Gasteiger partial charge in [-0.25, -0.2) is 15.0 Å². The van der Waals surface area contributed by atoms with Crippen molar-refractivity contribution in [2.75, 3.05) is 0 Å². The first-order valence-corrected chi connectivity index (χ1v) is 23.0. The van der Waals surface area contributed by atoms with Crippen molar-refractivity contribution in [2.45, 2.75) is 0 Å². The Morgan fingerprint density at radius 3 is 1.31 bits per heavy atom. The van der Waals surface area contributed by atoms with Gasteiger partial charge in [-0.15, -0.1) is 0 Å². The standard InChI is InChI=1S/C63H41N5/c1-6-20-42(21-7-1)53-39-47(40-54(64-53)43-22-8-2-9-23-43)46-34-36-59(52(38-46)63-65-55(44-24-10-3-11-25-44)41-56(66-63)45-26-12-4-13-27-45)68-57-32-18-16-30-49(57)50-35-37-60-61(62(50)68)51-31-17-19-33-58(51)67(60)48-28-14-5-15-29-48/h1-41H. The number of aromatic nitrogens is 5. The van der Waals surface area contributed by atoms with Gasteiger partial charge in [-0.1, -0.05) is 188 Å². The Morgan fingerprint density at radius 2 is 0.750 bits per heavy atom. The molecule has 68 heavy (non-hydrogen) atoms. The van der Waals surface area contributed by atoms with Crippen LogP contribution in [-0.4, -0.2) is 24.1 Å². The molecule has 0 radical (unpaired) electrons. The fourth-order valence-corrected chi connectivity index (χ4v) is 10.00. The van der Waals surface area contributed by atoms with Crippen LogP contribution in [0, 0.1) is 0 Å². The lowest BCUT2D eigenvalue weighted by atomic mass is 9.97. The third-order valence-electron chi connectivity index (χ3n) is 13.1. The number of benzene rings is 9. The number of pyridine rings is 1. The second-order valence-corrected chi connectivity index (χ2v) is 17.2. The summed E-state index contributed by atoms with van der Waals surface area (Å²) < 4.78 is 4.86. The van der Waals surface area contributed by atoms with Crippen LogP contribution in [0.4, 0.5) is 0 Å². The van der Waals surface area contributed by atoms with Crippen LogP contribution in [0.1, 0.15) is 0 Å². The third-order valence-corrected chi connectivity index (χ3v) is 13.1. The molecule has 0 aliphatic carbocycles. The first-order chi connectivity index (χ1) is 33.7. The largest absolute Gasteiger partial charge is 0.309 e. The van der Waals surface area contributed by atoms with Gasteiger partial charge in [0.15, 0.2) is 5.82 Å². The van der Waals surface area contributed by atoms with Crippen molar-refractivity contribution in [3.63, 3.8) is 0 Å². The fraction of sp³-hybridized carbons (Fsp3) is 0. The highest BCUT2D eigenvalue weighted by Gasteiger charge is 2.24. The summed E-state index contributed by atoms with van der Waals surface area (Å²) in [6.07, 6.45) is 0. The summed E-state index contributed by atoms with van der Waals surface area (Å²) in [4.78, 5) is 16.3. The maximum atomic E-state index is 5.51. The molecule has 5 heteroatoms. The van der Waals surface area contributed by atoms with Crippen LogP contribution in [0.5, 0.6) is 0 Å². The molecule has 0 saturated heterocycles. The SMILES string of the molecule is c1ccc(-c2cc(-c3ccc(-n4c5ccccc5c5ccc6c(c7ccccc7n6-c6ccccc6)c54)c(-c4nc(-c5ccccc5)cc(-c5ccccc5)n4)c3)cc(-c3ccccc3)n2)cc1. The first kappa shape index (κ1) is 39.2. The van der Waals surface area contributed by atoms with E-state index in [4.69, 9.17) is 15.0 Å². The molecule has 0 unspecified atom stereocenters. The molecule has 9 aromatic carbocycles. The van der Waals surface area contributed by atoms with Crippen molar-refractivity contribution in [3.8, 4) is 78.9 Å². The van der Waals surface area contributed by atoms with E-state index in [1.54, 1.807) is 0 Å². The van der Waals surface area contributed by atoms with E-state index >= 15 is 0 Å². The molecule has 0 aliphatic rings. The van der Waals surface area contributed by atoms with Gasteiger partial charge in [0.2, 0.25) is 0 Å². The van der Waals surface area contributed by atoms with E-state index < -0.39 is 0 Å². The molecule has 13 rings (SSSR count). The van der Waals surface area contributed by atoms with Gasteiger partial charge in [0.25, 0.3) is 0 Å². The van der Waals surface area contributed by atoms with E-state index in [1.165, 1.54) is 21.5 Å². The number of nitrogens with zero attached hydrogens (tertiary/aromatic N) is 5. The van der Waals surface area contributed by atoms with Crippen molar-refractivity contribution in [1.82, 2.24) is 24.1 Å². The molecule has 0 saturated carbocycles. The summed E-state index contributed by atoms with van der Waals surface area (Å²) in [5.74, 6) is 0.632. The lowest BCUT2D eigenvalue weighted by molar-refractivity contribution is 1.14. The Hall–Kier alpha value is -9.19. The molecule has 0 aliphatic heterocycles. The van der Waals surface area contributed by atoms with Crippen molar-refractivity contribution >= 4 is 43.6 Å². The highest BCUT2D eigenvalue weighted by atomic mass is 15.0. The molecule has 0 amide bonds. The number of para-hydroxylation sites is 3. The van der Waals surface area contributed by atoms with Crippen molar-refractivity contribution in [3.05, 3.63) is 249 Å². The molecule has 0 spiro atoms. The van der Waals surface area contributed by atoms with E-state index in [1.807, 2.05) is 24.3 Å². The van der Waals surface area contributed by atoms with E-state index in [-0.39, 0.29) is 0 Å². The fourth-order valence-electron chi connectivity index (χ4n) is 10.00. The zero-order chi connectivity index (χ0) is 45.0. The molecule has 13 aromatic rings. The van der Waals surface area contributed by atoms with Crippen LogP contribution >= 0.6 is 0 Å². The van der Waals surface area contributed by atoms with E-state index in [0.29, 0.717) is 5.82 Å². The second kappa shape index (κ2) is 16.4. The summed E-state index contributed by atoms with van der Waals surface area (Å²) in [5, 5.41) is 4.73. The summed E-state index contributed by atoms with van der Waals surface area (Å²) in [7, 11) is 0. The highest BCUT2D eigenvalue weighted by molar-refractivity contribution is 6.26. The number of rotatable bonds is 8. The Balaban J connectivity index is 1.15. The third kappa shape index (κ3) is 6.68. The van der Waals surface area contributed by atoms with Crippen LogP contribution in [0.25, 0.3) is 123 Å². The Kier molecular flexibility index (Phi) is 9.43. The predicted molar refractivity (Wildman–Crippen MR) is 281 cm³/mol. The molecule has 0 bridgehead atoms. The molecule has 5 nitrogen and oxygen atoms in total. The minimum atomic E-state index is 0.632. The van der Waals surface area contributed by atoms with E-state index in [9.17, 15) is 0 Å². The highest BCUT2D eigenvalue weighted by Crippen LogP contribution is 2.44.